The zero-order chi connectivity index (χ0) is 18.8. The van der Waals surface area contributed by atoms with Gasteiger partial charge < -0.3 is 9.73 Å². The molecule has 3 aromatic rings. The first-order valence-corrected chi connectivity index (χ1v) is 9.84. The van der Waals surface area contributed by atoms with Crippen LogP contribution in [-0.2, 0) is 11.3 Å². The molecule has 6 nitrogen and oxygen atoms in total. The molecule has 1 fully saturated rings. The maximum absolute atomic E-state index is 12.5. The molecule has 2 unspecified atom stereocenters. The largest absolute Gasteiger partial charge is 0.468 e. The molecule has 1 aromatic carbocycles. The van der Waals surface area contributed by atoms with E-state index in [1.54, 1.807) is 17.6 Å². The third kappa shape index (κ3) is 3.91. The fraction of sp³-hybridized carbons (Fsp3) is 0.263. The average Bonchev–Trinajstić information content (AvgIpc) is 3.40. The lowest BCUT2D eigenvalue weighted by Gasteiger charge is -2.09. The molecule has 2 atom stereocenters. The second-order valence-corrected chi connectivity index (χ2v) is 7.86. The summed E-state index contributed by atoms with van der Waals surface area (Å²) in [4.78, 5) is 18.1. The summed E-state index contributed by atoms with van der Waals surface area (Å²) in [7, 11) is 0. The number of carbonyl (C=O) groups is 1. The molecule has 3 N–H and O–H groups in total. The smallest absolute Gasteiger partial charge is 0.238 e. The number of rotatable bonds is 5. The van der Waals surface area contributed by atoms with Crippen molar-refractivity contribution in [1.29, 1.82) is 0 Å². The number of halogens is 1. The molecule has 4 rings (SSSR count). The van der Waals surface area contributed by atoms with E-state index >= 15 is 0 Å². The van der Waals surface area contributed by atoms with E-state index in [4.69, 9.17) is 16.0 Å². The van der Waals surface area contributed by atoms with E-state index in [-0.39, 0.29) is 18.0 Å². The number of hydrogen-bond acceptors (Lipinski definition) is 6. The van der Waals surface area contributed by atoms with Gasteiger partial charge in [-0.3, -0.25) is 4.79 Å². The highest BCUT2D eigenvalue weighted by molar-refractivity contribution is 7.15. The van der Waals surface area contributed by atoms with Gasteiger partial charge in [-0.25, -0.2) is 15.8 Å². The van der Waals surface area contributed by atoms with Crippen LogP contribution in [0.15, 0.2) is 47.1 Å². The summed E-state index contributed by atoms with van der Waals surface area (Å²) in [6.07, 6.45) is 2.26. The van der Waals surface area contributed by atoms with Gasteiger partial charge in [0.15, 0.2) is 0 Å². The molecule has 1 aliphatic heterocycles. The minimum absolute atomic E-state index is 0.00674. The number of nitrogens with one attached hydrogen (secondary N) is 3. The number of carbonyl (C=O) groups excluding carboxylic acids is 1. The van der Waals surface area contributed by atoms with Gasteiger partial charge in [-0.1, -0.05) is 29.8 Å². The first-order valence-electron chi connectivity index (χ1n) is 8.65. The Balaban J connectivity index is 1.38. The van der Waals surface area contributed by atoms with Crippen LogP contribution in [0.5, 0.6) is 0 Å². The Morgan fingerprint density at radius 2 is 2.19 bits per heavy atom. The number of thiazole rings is 1. The molecule has 8 heteroatoms. The monoisotopic (exact) mass is 402 g/mol. The van der Waals surface area contributed by atoms with E-state index in [0.717, 1.165) is 26.9 Å². The summed E-state index contributed by atoms with van der Waals surface area (Å²) >= 11 is 7.81. The third-order valence-corrected chi connectivity index (χ3v) is 6.05. The Morgan fingerprint density at radius 1 is 1.33 bits per heavy atom. The normalized spacial score (nSPS) is 19.3. The van der Waals surface area contributed by atoms with Gasteiger partial charge in [-0.15, -0.1) is 11.3 Å². The first-order chi connectivity index (χ1) is 13.1. The summed E-state index contributed by atoms with van der Waals surface area (Å²) in [5.74, 6) is 0.768. The van der Waals surface area contributed by atoms with Crippen molar-refractivity contribution in [1.82, 2.24) is 21.2 Å². The molecule has 0 saturated carbocycles. The fourth-order valence-electron chi connectivity index (χ4n) is 3.04. The predicted octanol–water partition coefficient (Wildman–Crippen LogP) is 3.59. The van der Waals surface area contributed by atoms with Gasteiger partial charge >= 0.3 is 0 Å². The second-order valence-electron chi connectivity index (χ2n) is 6.37. The molecule has 0 aliphatic carbocycles. The minimum Gasteiger partial charge on any atom is -0.468 e. The molecule has 0 spiro atoms. The van der Waals surface area contributed by atoms with E-state index in [9.17, 15) is 4.79 Å². The first kappa shape index (κ1) is 18.2. The van der Waals surface area contributed by atoms with Gasteiger partial charge in [-0.05, 0) is 31.5 Å². The highest BCUT2D eigenvalue weighted by atomic mass is 35.5. The molecular weight excluding hydrogens is 384 g/mol. The van der Waals surface area contributed by atoms with Crippen LogP contribution >= 0.6 is 22.9 Å². The highest BCUT2D eigenvalue weighted by Gasteiger charge is 2.31. The third-order valence-electron chi connectivity index (χ3n) is 4.53. The summed E-state index contributed by atoms with van der Waals surface area (Å²) in [6, 6.07) is 11.1. The van der Waals surface area contributed by atoms with Gasteiger partial charge in [0, 0.05) is 10.4 Å². The quantitative estimate of drug-likeness (QED) is 0.607. The number of hydrazine groups is 1. The topological polar surface area (TPSA) is 79.2 Å². The summed E-state index contributed by atoms with van der Waals surface area (Å²) < 4.78 is 5.39. The van der Waals surface area contributed by atoms with Crippen LogP contribution in [-0.4, -0.2) is 16.9 Å². The van der Waals surface area contributed by atoms with E-state index in [2.05, 4.69) is 21.2 Å². The van der Waals surface area contributed by atoms with E-state index in [1.807, 2.05) is 43.3 Å². The van der Waals surface area contributed by atoms with Gasteiger partial charge in [0.2, 0.25) is 5.91 Å². The minimum atomic E-state index is -0.309. The standard InChI is InChI=1S/C19H19ClN4O2S/c1-11-17(27-19(22-11)12-5-2-3-6-13(12)20)10-21-18(25)15-9-14(23-24-15)16-7-4-8-26-16/h2-8,14-15,23-24H,9-10H2,1H3,(H,21,25). The predicted molar refractivity (Wildman–Crippen MR) is 105 cm³/mol. The lowest BCUT2D eigenvalue weighted by molar-refractivity contribution is -0.123. The Kier molecular flexibility index (Phi) is 5.27. The Labute approximate surface area is 165 Å². The SMILES string of the molecule is Cc1nc(-c2ccccc2Cl)sc1CNC(=O)C1CC(c2ccco2)NN1. The van der Waals surface area contributed by atoms with Crippen LogP contribution in [0, 0.1) is 6.92 Å². The van der Waals surface area contributed by atoms with Crippen molar-refractivity contribution < 1.29 is 9.21 Å². The molecule has 3 heterocycles. The van der Waals surface area contributed by atoms with Crippen molar-refractivity contribution in [2.45, 2.75) is 32.0 Å². The van der Waals surface area contributed by atoms with E-state index < -0.39 is 0 Å². The summed E-state index contributed by atoms with van der Waals surface area (Å²) in [5, 5.41) is 4.53. The molecule has 1 amide bonds. The molecule has 1 saturated heterocycles. The molecule has 0 bridgehead atoms. The van der Waals surface area contributed by atoms with E-state index in [1.165, 1.54) is 0 Å². The van der Waals surface area contributed by atoms with Crippen LogP contribution in [0.3, 0.4) is 0 Å². The number of aryl methyl sites for hydroxylation is 1. The van der Waals surface area contributed by atoms with Crippen LogP contribution in [0.25, 0.3) is 10.6 Å². The maximum Gasteiger partial charge on any atom is 0.238 e. The average molecular weight is 403 g/mol. The molecule has 2 aromatic heterocycles. The van der Waals surface area contributed by atoms with Crippen LogP contribution in [0.2, 0.25) is 5.02 Å². The Morgan fingerprint density at radius 3 is 2.96 bits per heavy atom. The summed E-state index contributed by atoms with van der Waals surface area (Å²) in [6.45, 7) is 2.39. The number of aromatic nitrogens is 1. The van der Waals surface area contributed by atoms with Crippen molar-refractivity contribution in [2.75, 3.05) is 0 Å². The van der Waals surface area contributed by atoms with Crippen LogP contribution in [0.1, 0.15) is 28.8 Å². The van der Waals surface area contributed by atoms with Crippen LogP contribution in [0.4, 0.5) is 0 Å². The van der Waals surface area contributed by atoms with Gasteiger partial charge in [0.1, 0.15) is 16.8 Å². The number of nitrogens with zero attached hydrogens (tertiary/aromatic N) is 1. The lowest BCUT2D eigenvalue weighted by Crippen LogP contribution is -2.42. The summed E-state index contributed by atoms with van der Waals surface area (Å²) in [5.41, 5.74) is 7.95. The van der Waals surface area contributed by atoms with Crippen molar-refractivity contribution in [3.05, 3.63) is 64.0 Å². The number of furan rings is 1. The molecule has 1 aliphatic rings. The van der Waals surface area contributed by atoms with Gasteiger partial charge in [0.05, 0.1) is 29.6 Å². The molecule has 140 valence electrons. The Bertz CT molecular complexity index is 941. The Hall–Kier alpha value is -2.19. The lowest BCUT2D eigenvalue weighted by atomic mass is 10.1. The molecular formula is C19H19ClN4O2S. The number of hydrogen-bond donors (Lipinski definition) is 3. The molecule has 27 heavy (non-hydrogen) atoms. The zero-order valence-electron chi connectivity index (χ0n) is 14.7. The van der Waals surface area contributed by atoms with Gasteiger partial charge in [0.25, 0.3) is 0 Å². The maximum atomic E-state index is 12.5. The second kappa shape index (κ2) is 7.82. The number of benzene rings is 1. The number of amides is 1. The van der Waals surface area contributed by atoms with E-state index in [0.29, 0.717) is 18.0 Å². The zero-order valence-corrected chi connectivity index (χ0v) is 16.2. The van der Waals surface area contributed by atoms with Crippen molar-refractivity contribution in [3.63, 3.8) is 0 Å². The fourth-order valence-corrected chi connectivity index (χ4v) is 4.36. The highest BCUT2D eigenvalue weighted by Crippen LogP contribution is 2.32. The van der Waals surface area contributed by atoms with Crippen molar-refractivity contribution in [2.24, 2.45) is 0 Å². The van der Waals surface area contributed by atoms with Gasteiger partial charge in [-0.2, -0.15) is 0 Å². The van der Waals surface area contributed by atoms with Crippen molar-refractivity contribution >= 4 is 28.8 Å². The van der Waals surface area contributed by atoms with Crippen LogP contribution < -0.4 is 16.2 Å². The van der Waals surface area contributed by atoms with Crippen molar-refractivity contribution in [3.8, 4) is 10.6 Å². The molecule has 0 radical (unpaired) electrons.